The van der Waals surface area contributed by atoms with Gasteiger partial charge in [0.2, 0.25) is 5.91 Å². The molecule has 27 heavy (non-hydrogen) atoms. The number of piperidine rings is 1. The second-order valence-electron chi connectivity index (χ2n) is 6.92. The monoisotopic (exact) mass is 377 g/mol. The third kappa shape index (κ3) is 6.05. The molecule has 1 N–H and O–H groups in total. The van der Waals surface area contributed by atoms with Crippen LogP contribution in [0.1, 0.15) is 31.7 Å². The van der Waals surface area contributed by atoms with E-state index in [0.29, 0.717) is 44.0 Å². The molecule has 0 spiro atoms. The van der Waals surface area contributed by atoms with Crippen molar-refractivity contribution in [2.24, 2.45) is 0 Å². The van der Waals surface area contributed by atoms with Gasteiger partial charge in [0, 0.05) is 39.6 Å². The molecular formula is C20H31N3O4. The molecule has 0 saturated carbocycles. The number of methoxy groups -OCH3 is 1. The molecule has 150 valence electrons. The minimum absolute atomic E-state index is 0.0317. The second kappa shape index (κ2) is 10.0. The molecule has 0 aliphatic carbocycles. The molecule has 7 heteroatoms. The van der Waals surface area contributed by atoms with Gasteiger partial charge < -0.3 is 24.6 Å². The van der Waals surface area contributed by atoms with Crippen LogP contribution < -0.4 is 14.8 Å². The lowest BCUT2D eigenvalue weighted by molar-refractivity contribution is -0.122. The van der Waals surface area contributed by atoms with Crippen molar-refractivity contribution in [2.75, 3.05) is 40.9 Å². The van der Waals surface area contributed by atoms with Crippen LogP contribution in [0.15, 0.2) is 18.2 Å². The van der Waals surface area contributed by atoms with E-state index in [1.54, 1.807) is 26.1 Å². The van der Waals surface area contributed by atoms with E-state index in [1.165, 1.54) is 0 Å². The standard InChI is InChI=1S/C20H31N3O4/c1-5-27-17-8-6-15(14-18(17)26-4)7-9-19(24)21-16-10-12-23(13-11-16)20(25)22(2)3/h6,8,14,16H,5,7,9-13H2,1-4H3,(H,21,24). The van der Waals surface area contributed by atoms with Crippen molar-refractivity contribution >= 4 is 11.9 Å². The first-order valence-corrected chi connectivity index (χ1v) is 9.49. The van der Waals surface area contributed by atoms with Gasteiger partial charge in [0.1, 0.15) is 0 Å². The predicted molar refractivity (Wildman–Crippen MR) is 104 cm³/mol. The van der Waals surface area contributed by atoms with Crippen LogP contribution in [0, 0.1) is 0 Å². The number of amides is 3. The van der Waals surface area contributed by atoms with E-state index in [4.69, 9.17) is 9.47 Å². The maximum atomic E-state index is 12.3. The number of ether oxygens (including phenoxy) is 2. The number of carbonyl (C=O) groups is 2. The Morgan fingerprint density at radius 1 is 1.22 bits per heavy atom. The quantitative estimate of drug-likeness (QED) is 0.791. The lowest BCUT2D eigenvalue weighted by Gasteiger charge is -2.33. The fourth-order valence-electron chi connectivity index (χ4n) is 3.20. The molecule has 1 aromatic rings. The number of aryl methyl sites for hydroxylation is 1. The summed E-state index contributed by atoms with van der Waals surface area (Å²) in [5.74, 6) is 1.44. The number of carbonyl (C=O) groups excluding carboxylic acids is 2. The second-order valence-corrected chi connectivity index (χ2v) is 6.92. The Morgan fingerprint density at radius 2 is 1.93 bits per heavy atom. The molecule has 0 radical (unpaired) electrons. The summed E-state index contributed by atoms with van der Waals surface area (Å²) in [6, 6.07) is 5.94. The fraction of sp³-hybridized carbons (Fsp3) is 0.600. The van der Waals surface area contributed by atoms with Gasteiger partial charge in [-0.1, -0.05) is 6.07 Å². The molecule has 1 aliphatic heterocycles. The average Bonchev–Trinajstić information content (AvgIpc) is 2.67. The highest BCUT2D eigenvalue weighted by molar-refractivity contribution is 5.77. The number of urea groups is 1. The largest absolute Gasteiger partial charge is 0.493 e. The van der Waals surface area contributed by atoms with Crippen molar-refractivity contribution in [1.82, 2.24) is 15.1 Å². The highest BCUT2D eigenvalue weighted by Gasteiger charge is 2.24. The molecule has 1 saturated heterocycles. The highest BCUT2D eigenvalue weighted by Crippen LogP contribution is 2.28. The first-order chi connectivity index (χ1) is 12.9. The van der Waals surface area contributed by atoms with Crippen LogP contribution in [0.3, 0.4) is 0 Å². The summed E-state index contributed by atoms with van der Waals surface area (Å²) in [4.78, 5) is 27.6. The van der Waals surface area contributed by atoms with Gasteiger partial charge in [-0.2, -0.15) is 0 Å². The lowest BCUT2D eigenvalue weighted by atomic mass is 10.0. The van der Waals surface area contributed by atoms with Crippen molar-refractivity contribution in [3.05, 3.63) is 23.8 Å². The Labute approximate surface area is 161 Å². The van der Waals surface area contributed by atoms with Crippen LogP contribution in [0.2, 0.25) is 0 Å². The number of nitrogens with zero attached hydrogens (tertiary/aromatic N) is 2. The van der Waals surface area contributed by atoms with E-state index < -0.39 is 0 Å². The zero-order chi connectivity index (χ0) is 19.8. The third-order valence-electron chi connectivity index (χ3n) is 4.68. The zero-order valence-corrected chi connectivity index (χ0v) is 16.8. The summed E-state index contributed by atoms with van der Waals surface area (Å²) >= 11 is 0. The fourth-order valence-corrected chi connectivity index (χ4v) is 3.20. The van der Waals surface area contributed by atoms with Crippen molar-refractivity contribution < 1.29 is 19.1 Å². The summed E-state index contributed by atoms with van der Waals surface area (Å²) < 4.78 is 10.9. The first kappa shape index (κ1) is 20.9. The van der Waals surface area contributed by atoms with Crippen molar-refractivity contribution in [1.29, 1.82) is 0 Å². The number of hydrogen-bond donors (Lipinski definition) is 1. The molecule has 0 bridgehead atoms. The van der Waals surface area contributed by atoms with Gasteiger partial charge in [0.15, 0.2) is 11.5 Å². The summed E-state index contributed by atoms with van der Waals surface area (Å²) in [6.45, 7) is 3.87. The normalized spacial score (nSPS) is 14.6. The van der Waals surface area contributed by atoms with Crippen LogP contribution in [-0.2, 0) is 11.2 Å². The third-order valence-corrected chi connectivity index (χ3v) is 4.68. The molecule has 1 heterocycles. The lowest BCUT2D eigenvalue weighted by Crippen LogP contribution is -2.49. The summed E-state index contributed by atoms with van der Waals surface area (Å²) in [7, 11) is 5.12. The number of nitrogens with one attached hydrogen (secondary N) is 1. The molecule has 0 atom stereocenters. The van der Waals surface area contributed by atoms with E-state index in [9.17, 15) is 9.59 Å². The van der Waals surface area contributed by atoms with Gasteiger partial charge in [-0.25, -0.2) is 4.79 Å². The van der Waals surface area contributed by atoms with Crippen LogP contribution in [0.4, 0.5) is 4.79 Å². The molecular weight excluding hydrogens is 346 g/mol. The molecule has 3 amide bonds. The number of likely N-dealkylation sites (tertiary alicyclic amines) is 1. The SMILES string of the molecule is CCOc1ccc(CCC(=O)NC2CCN(C(=O)N(C)C)CC2)cc1OC. The summed E-state index contributed by atoms with van der Waals surface area (Å²) in [6.07, 6.45) is 2.66. The maximum absolute atomic E-state index is 12.3. The van der Waals surface area contributed by atoms with Crippen molar-refractivity contribution in [3.63, 3.8) is 0 Å². The van der Waals surface area contributed by atoms with Gasteiger partial charge in [-0.3, -0.25) is 4.79 Å². The van der Waals surface area contributed by atoms with Gasteiger partial charge >= 0.3 is 6.03 Å². The molecule has 1 aliphatic rings. The molecule has 0 unspecified atom stereocenters. The number of rotatable bonds is 7. The average molecular weight is 377 g/mol. The van der Waals surface area contributed by atoms with E-state index in [-0.39, 0.29) is 18.0 Å². The van der Waals surface area contributed by atoms with Gasteiger partial charge in [0.05, 0.1) is 13.7 Å². The minimum atomic E-state index is 0.0317. The van der Waals surface area contributed by atoms with E-state index in [1.807, 2.05) is 30.0 Å². The predicted octanol–water partition coefficient (Wildman–Crippen LogP) is 2.29. The smallest absolute Gasteiger partial charge is 0.319 e. The van der Waals surface area contributed by atoms with Crippen LogP contribution in [-0.4, -0.2) is 68.7 Å². The van der Waals surface area contributed by atoms with E-state index in [0.717, 1.165) is 18.4 Å². The van der Waals surface area contributed by atoms with Crippen LogP contribution in [0.5, 0.6) is 11.5 Å². The Morgan fingerprint density at radius 3 is 2.52 bits per heavy atom. The van der Waals surface area contributed by atoms with Gasteiger partial charge in [-0.15, -0.1) is 0 Å². The Hall–Kier alpha value is -2.44. The molecule has 1 fully saturated rings. The van der Waals surface area contributed by atoms with Crippen molar-refractivity contribution in [3.8, 4) is 11.5 Å². The Bertz CT molecular complexity index is 640. The van der Waals surface area contributed by atoms with Gasteiger partial charge in [0.25, 0.3) is 0 Å². The van der Waals surface area contributed by atoms with E-state index in [2.05, 4.69) is 5.32 Å². The minimum Gasteiger partial charge on any atom is -0.493 e. The maximum Gasteiger partial charge on any atom is 0.319 e. The first-order valence-electron chi connectivity index (χ1n) is 9.49. The number of benzene rings is 1. The Balaban J connectivity index is 1.78. The Kier molecular flexibility index (Phi) is 7.76. The zero-order valence-electron chi connectivity index (χ0n) is 16.8. The van der Waals surface area contributed by atoms with Crippen molar-refractivity contribution in [2.45, 2.75) is 38.6 Å². The molecule has 1 aromatic carbocycles. The van der Waals surface area contributed by atoms with Gasteiger partial charge in [-0.05, 0) is 43.9 Å². The molecule has 7 nitrogen and oxygen atoms in total. The number of hydrogen-bond acceptors (Lipinski definition) is 4. The van der Waals surface area contributed by atoms with Crippen LogP contribution >= 0.6 is 0 Å². The van der Waals surface area contributed by atoms with E-state index >= 15 is 0 Å². The summed E-state index contributed by atoms with van der Waals surface area (Å²) in [5.41, 5.74) is 1.04. The highest BCUT2D eigenvalue weighted by atomic mass is 16.5. The molecule has 2 rings (SSSR count). The molecule has 0 aromatic heterocycles. The van der Waals surface area contributed by atoms with Crippen LogP contribution in [0.25, 0.3) is 0 Å². The summed E-state index contributed by atoms with van der Waals surface area (Å²) in [5, 5.41) is 3.09. The topological polar surface area (TPSA) is 71.1 Å².